The Labute approximate surface area is 146 Å². The summed E-state index contributed by atoms with van der Waals surface area (Å²) in [5.41, 5.74) is 2.42. The van der Waals surface area contributed by atoms with Crippen LogP contribution in [0.1, 0.15) is 24.1 Å². The van der Waals surface area contributed by atoms with Gasteiger partial charge < -0.3 is 4.98 Å². The van der Waals surface area contributed by atoms with Gasteiger partial charge in [0.15, 0.2) is 0 Å². The van der Waals surface area contributed by atoms with E-state index < -0.39 is 0 Å². The summed E-state index contributed by atoms with van der Waals surface area (Å²) in [6, 6.07) is 6.78. The van der Waals surface area contributed by atoms with Crippen molar-refractivity contribution in [3.8, 4) is 5.75 Å². The molecule has 0 amide bonds. The van der Waals surface area contributed by atoms with Crippen molar-refractivity contribution < 1.29 is 30.7 Å². The Kier molecular flexibility index (Phi) is 4.82. The number of hydrogen-bond donors (Lipinski definition) is 1. The summed E-state index contributed by atoms with van der Waals surface area (Å²) in [5.74, 6) is 1.13. The smallest absolute Gasteiger partial charge is 0.347 e. The van der Waals surface area contributed by atoms with E-state index in [1.54, 1.807) is 6.33 Å². The van der Waals surface area contributed by atoms with Crippen molar-refractivity contribution in [2.45, 2.75) is 32.1 Å². The molecule has 4 rings (SSSR count). The number of likely N-dealkylation sites (tertiary alicyclic amines) is 1. The number of alkyl halides is 1. The topological polar surface area (TPSA) is 50.4 Å². The van der Waals surface area contributed by atoms with Crippen LogP contribution in [-0.2, 0) is 17.9 Å². The van der Waals surface area contributed by atoms with E-state index >= 15 is 0 Å². The van der Waals surface area contributed by atoms with E-state index in [2.05, 4.69) is 33.1 Å². The van der Waals surface area contributed by atoms with Gasteiger partial charge in [0, 0.05) is 0 Å². The van der Waals surface area contributed by atoms with E-state index in [-0.39, 0.29) is 21.2 Å². The molecule has 1 N–H and O–H groups in total. The number of nitrogens with one attached hydrogen (secondary N) is 1. The van der Waals surface area contributed by atoms with Crippen LogP contribution in [-0.4, -0.2) is 38.7 Å². The fourth-order valence-electron chi connectivity index (χ4n) is 3.08. The molecule has 2 aromatic rings. The molecule has 124 valence electrons. The second-order valence-electron chi connectivity index (χ2n) is 6.02. The van der Waals surface area contributed by atoms with Gasteiger partial charge in [0.1, 0.15) is 0 Å². The Morgan fingerprint density at radius 1 is 1.35 bits per heavy atom. The van der Waals surface area contributed by atoms with Crippen molar-refractivity contribution in [2.24, 2.45) is 0 Å². The van der Waals surface area contributed by atoms with Crippen LogP contribution in [0.5, 0.6) is 5.75 Å². The molecular weight excluding hydrogens is 405 g/mol. The minimum absolute atomic E-state index is 0.103. The monoisotopic (exact) mass is 426 g/mol. The normalized spacial score (nSPS) is 19.1. The van der Waals surface area contributed by atoms with E-state index in [1.165, 1.54) is 9.13 Å². The van der Waals surface area contributed by atoms with Crippen LogP contribution < -0.4 is 25.9 Å². The Hall–Kier alpha value is -1.12. The van der Waals surface area contributed by atoms with Crippen LogP contribution in [0.3, 0.4) is 0 Å². The molecule has 0 bridgehead atoms. The first-order chi connectivity index (χ1) is 11.4. The molecule has 0 spiro atoms. The Morgan fingerprint density at radius 2 is 2.26 bits per heavy atom. The zero-order chi connectivity index (χ0) is 15.5. The van der Waals surface area contributed by atoms with Crippen LogP contribution in [0.25, 0.3) is 0 Å². The largest absolute Gasteiger partial charge is 0.347 e. The van der Waals surface area contributed by atoms with Gasteiger partial charge in [0.05, 0.1) is 12.5 Å². The molecule has 3 heterocycles. The van der Waals surface area contributed by atoms with Crippen molar-refractivity contribution in [1.82, 2.24) is 14.9 Å². The number of benzene rings is 1. The minimum atomic E-state index is 0.103. The standard InChI is InChI=1S/C17H21IN3O2/c1-2-16-17(23-11-18-16)7-13(1)9-21-5-3-15(4-6-21)22-10-14-8-19-12-20-14/h1-2,7-8,12,15H,3-6,9-11H2,(H,19,20)/q-1. The number of hydrogen-bond acceptors (Lipinski definition) is 4. The van der Waals surface area contributed by atoms with Gasteiger partial charge in [-0.3, -0.25) is 0 Å². The van der Waals surface area contributed by atoms with Crippen LogP contribution in [0.4, 0.5) is 0 Å². The third kappa shape index (κ3) is 3.87. The van der Waals surface area contributed by atoms with Gasteiger partial charge in [-0.25, -0.2) is 4.98 Å². The molecule has 5 nitrogen and oxygen atoms in total. The summed E-state index contributed by atoms with van der Waals surface area (Å²) >= 11 is 0.103. The summed E-state index contributed by atoms with van der Waals surface area (Å²) in [7, 11) is 0. The molecule has 2 aliphatic heterocycles. The van der Waals surface area contributed by atoms with Gasteiger partial charge in [-0.1, -0.05) is 0 Å². The fourth-order valence-corrected chi connectivity index (χ4v) is 5.02. The SMILES string of the molecule is c1ncc(COC2CCN(Cc3ccc4c(c3)OC[I-]4)CC2)[nH]1. The predicted molar refractivity (Wildman–Crippen MR) is 82.3 cm³/mol. The van der Waals surface area contributed by atoms with Crippen LogP contribution in [0, 0.1) is 3.57 Å². The van der Waals surface area contributed by atoms with Crippen LogP contribution in [0.15, 0.2) is 30.7 Å². The fraction of sp³-hybridized carbons (Fsp3) is 0.471. The molecule has 1 aromatic carbocycles. The van der Waals surface area contributed by atoms with Gasteiger partial charge >= 0.3 is 124 Å². The van der Waals surface area contributed by atoms with Crippen molar-refractivity contribution in [1.29, 1.82) is 0 Å². The summed E-state index contributed by atoms with van der Waals surface area (Å²) in [6.45, 7) is 3.84. The van der Waals surface area contributed by atoms with E-state index in [0.29, 0.717) is 12.7 Å². The van der Waals surface area contributed by atoms with Crippen LogP contribution >= 0.6 is 0 Å². The van der Waals surface area contributed by atoms with E-state index in [0.717, 1.165) is 48.5 Å². The molecule has 1 aromatic heterocycles. The molecule has 0 radical (unpaired) electrons. The average molecular weight is 426 g/mol. The molecule has 6 heteroatoms. The maximum Gasteiger partial charge on any atom is -0.347 e. The number of imidazole rings is 1. The van der Waals surface area contributed by atoms with Crippen molar-refractivity contribution in [3.63, 3.8) is 0 Å². The number of piperidine rings is 1. The molecule has 0 aliphatic carbocycles. The molecule has 23 heavy (non-hydrogen) atoms. The van der Waals surface area contributed by atoms with Gasteiger partial charge in [-0.2, -0.15) is 0 Å². The Morgan fingerprint density at radius 3 is 3.09 bits per heavy atom. The first-order valence-corrected chi connectivity index (χ1v) is 10.6. The second kappa shape index (κ2) is 7.19. The summed E-state index contributed by atoms with van der Waals surface area (Å²) in [6.07, 6.45) is 6.08. The van der Waals surface area contributed by atoms with E-state index in [1.807, 2.05) is 6.20 Å². The van der Waals surface area contributed by atoms with E-state index in [4.69, 9.17) is 9.47 Å². The van der Waals surface area contributed by atoms with Gasteiger partial charge in [-0.05, 0) is 0 Å². The molecule has 0 saturated carbocycles. The summed E-state index contributed by atoms with van der Waals surface area (Å²) in [5, 5.41) is 0. The van der Waals surface area contributed by atoms with Crippen molar-refractivity contribution >= 4 is 0 Å². The third-order valence-electron chi connectivity index (χ3n) is 4.37. The first kappa shape index (κ1) is 15.4. The molecule has 2 aliphatic rings. The number of H-pyrrole nitrogens is 1. The number of ether oxygens (including phenoxy) is 2. The quantitative estimate of drug-likeness (QED) is 0.503. The number of halogens is 1. The molecule has 0 atom stereocenters. The second-order valence-corrected chi connectivity index (χ2v) is 8.56. The third-order valence-corrected chi connectivity index (χ3v) is 6.71. The summed E-state index contributed by atoms with van der Waals surface area (Å²) in [4.78, 5) is 9.62. The van der Waals surface area contributed by atoms with E-state index in [9.17, 15) is 0 Å². The van der Waals surface area contributed by atoms with Crippen LogP contribution in [0.2, 0.25) is 0 Å². The minimum Gasteiger partial charge on any atom is -0.347 e. The number of fused-ring (bicyclic) bond motifs is 1. The number of aromatic nitrogens is 2. The van der Waals surface area contributed by atoms with Crippen molar-refractivity contribution in [3.05, 3.63) is 45.6 Å². The van der Waals surface area contributed by atoms with Crippen molar-refractivity contribution in [2.75, 3.05) is 17.7 Å². The maximum absolute atomic E-state index is 5.97. The zero-order valence-electron chi connectivity index (χ0n) is 13.0. The summed E-state index contributed by atoms with van der Waals surface area (Å²) < 4.78 is 14.1. The Balaban J connectivity index is 1.25. The number of aromatic amines is 1. The molecule has 1 saturated heterocycles. The average Bonchev–Trinajstić information content (AvgIpc) is 3.25. The maximum atomic E-state index is 5.97. The van der Waals surface area contributed by atoms with Gasteiger partial charge in [0.2, 0.25) is 0 Å². The molecule has 0 unspecified atom stereocenters. The predicted octanol–water partition coefficient (Wildman–Crippen LogP) is -0.801. The molecular formula is C17H21IN3O2-. The zero-order valence-corrected chi connectivity index (χ0v) is 15.2. The molecule has 1 fully saturated rings. The first-order valence-electron chi connectivity index (χ1n) is 8.03. The van der Waals surface area contributed by atoms with Gasteiger partial charge in [0.25, 0.3) is 0 Å². The number of nitrogens with zero attached hydrogens (tertiary/aromatic N) is 2. The number of rotatable bonds is 5. The Bertz CT molecular complexity index is 639. The van der Waals surface area contributed by atoms with Gasteiger partial charge in [-0.15, -0.1) is 0 Å².